The van der Waals surface area contributed by atoms with E-state index in [2.05, 4.69) is 15.0 Å². The van der Waals surface area contributed by atoms with Gasteiger partial charge in [0.1, 0.15) is 5.76 Å². The van der Waals surface area contributed by atoms with Crippen molar-refractivity contribution in [2.75, 3.05) is 20.6 Å². The van der Waals surface area contributed by atoms with E-state index in [9.17, 15) is 4.79 Å². The summed E-state index contributed by atoms with van der Waals surface area (Å²) in [5.41, 5.74) is 2.89. The highest BCUT2D eigenvalue weighted by atomic mass is 16.5. The van der Waals surface area contributed by atoms with E-state index in [1.165, 1.54) is 0 Å². The molecule has 1 atom stereocenters. The Bertz CT molecular complexity index is 752. The van der Waals surface area contributed by atoms with Crippen LogP contribution in [-0.4, -0.2) is 51.5 Å². The summed E-state index contributed by atoms with van der Waals surface area (Å²) in [7, 11) is 4.03. The van der Waals surface area contributed by atoms with Crippen molar-refractivity contribution >= 4 is 5.91 Å². The minimum atomic E-state index is -0.0192. The normalized spacial score (nSPS) is 17.3. The highest BCUT2D eigenvalue weighted by Crippen LogP contribution is 2.30. The maximum Gasteiger partial charge on any atom is 0.223 e. The number of carbonyl (C=O) groups excluding carboxylic acids is 1. The van der Waals surface area contributed by atoms with Gasteiger partial charge in [0.25, 0.3) is 0 Å². The van der Waals surface area contributed by atoms with Gasteiger partial charge in [0.05, 0.1) is 17.4 Å². The molecular weight excluding hydrogens is 330 g/mol. The third kappa shape index (κ3) is 4.09. The van der Waals surface area contributed by atoms with Crippen molar-refractivity contribution in [1.29, 1.82) is 0 Å². The van der Waals surface area contributed by atoms with Gasteiger partial charge in [-0.3, -0.25) is 4.79 Å². The second kappa shape index (κ2) is 7.95. The van der Waals surface area contributed by atoms with Crippen LogP contribution in [0.2, 0.25) is 0 Å². The first-order valence-electron chi connectivity index (χ1n) is 9.13. The first-order valence-corrected chi connectivity index (χ1v) is 9.13. The number of hydrogen-bond donors (Lipinski definition) is 0. The fourth-order valence-electron chi connectivity index (χ4n) is 3.55. The van der Waals surface area contributed by atoms with Gasteiger partial charge in [0, 0.05) is 31.3 Å². The Morgan fingerprint density at radius 2 is 2.19 bits per heavy atom. The second-order valence-electron chi connectivity index (χ2n) is 7.19. The van der Waals surface area contributed by atoms with E-state index in [4.69, 9.17) is 9.51 Å². The van der Waals surface area contributed by atoms with Crippen LogP contribution in [0, 0.1) is 13.8 Å². The molecule has 0 N–H and O–H groups in total. The van der Waals surface area contributed by atoms with Crippen LogP contribution in [0.4, 0.5) is 0 Å². The van der Waals surface area contributed by atoms with Gasteiger partial charge >= 0.3 is 0 Å². The van der Waals surface area contributed by atoms with Crippen LogP contribution in [0.3, 0.4) is 0 Å². The Labute approximate surface area is 154 Å². The number of amides is 1. The molecule has 0 aliphatic carbocycles. The molecule has 7 nitrogen and oxygen atoms in total. The van der Waals surface area contributed by atoms with Gasteiger partial charge in [-0.15, -0.1) is 0 Å². The molecule has 0 radical (unpaired) electrons. The zero-order chi connectivity index (χ0) is 18.7. The largest absolute Gasteiger partial charge is 0.361 e. The van der Waals surface area contributed by atoms with Crippen molar-refractivity contribution in [3.8, 4) is 0 Å². The topological polar surface area (TPSA) is 75.4 Å². The summed E-state index contributed by atoms with van der Waals surface area (Å²) in [4.78, 5) is 26.0. The minimum Gasteiger partial charge on any atom is -0.361 e. The molecule has 0 bridgehead atoms. The highest BCUT2D eigenvalue weighted by Gasteiger charge is 2.32. The number of likely N-dealkylation sites (tertiary alicyclic amines) is 1. The fraction of sp³-hybridized carbons (Fsp3) is 0.579. The lowest BCUT2D eigenvalue weighted by Crippen LogP contribution is -2.32. The van der Waals surface area contributed by atoms with Crippen LogP contribution in [0.5, 0.6) is 0 Å². The van der Waals surface area contributed by atoms with E-state index >= 15 is 0 Å². The molecule has 1 aliphatic rings. The summed E-state index contributed by atoms with van der Waals surface area (Å²) in [5, 5.41) is 3.96. The molecule has 3 heterocycles. The summed E-state index contributed by atoms with van der Waals surface area (Å²) in [6.45, 7) is 5.34. The molecule has 2 aromatic rings. The van der Waals surface area contributed by atoms with Gasteiger partial charge in [0.2, 0.25) is 5.91 Å². The smallest absolute Gasteiger partial charge is 0.223 e. The molecule has 3 rings (SSSR count). The predicted octanol–water partition coefficient (Wildman–Crippen LogP) is 2.44. The third-order valence-corrected chi connectivity index (χ3v) is 4.85. The number of aromatic nitrogens is 3. The summed E-state index contributed by atoms with van der Waals surface area (Å²) in [6.07, 6.45) is 4.82. The Balaban J connectivity index is 1.68. The average Bonchev–Trinajstić information content (AvgIpc) is 3.20. The lowest BCUT2D eigenvalue weighted by atomic mass is 10.1. The van der Waals surface area contributed by atoms with Crippen LogP contribution in [0.1, 0.15) is 53.8 Å². The van der Waals surface area contributed by atoms with E-state index in [-0.39, 0.29) is 11.9 Å². The summed E-state index contributed by atoms with van der Waals surface area (Å²) in [5.74, 6) is 1.70. The van der Waals surface area contributed by atoms with E-state index < -0.39 is 0 Å². The van der Waals surface area contributed by atoms with Crippen LogP contribution in [0.25, 0.3) is 0 Å². The van der Waals surface area contributed by atoms with Crippen molar-refractivity contribution in [3.63, 3.8) is 0 Å². The summed E-state index contributed by atoms with van der Waals surface area (Å²) >= 11 is 0. The van der Waals surface area contributed by atoms with E-state index in [1.54, 1.807) is 6.20 Å². The van der Waals surface area contributed by atoms with Gasteiger partial charge < -0.3 is 14.3 Å². The van der Waals surface area contributed by atoms with Gasteiger partial charge in [-0.25, -0.2) is 9.97 Å². The first kappa shape index (κ1) is 18.5. The predicted molar refractivity (Wildman–Crippen MR) is 97.4 cm³/mol. The Kier molecular flexibility index (Phi) is 5.66. The molecule has 0 saturated carbocycles. The standard InChI is InChI=1S/C19H27N5O2/c1-13-16(14(2)26-22-13)7-8-18(25)24-11-5-6-17(24)19-20-10-9-15(21-19)12-23(3)4/h9-10,17H,5-8,11-12H2,1-4H3. The SMILES string of the molecule is Cc1noc(C)c1CCC(=O)N1CCCC1c1nccc(CN(C)C)n1. The van der Waals surface area contributed by atoms with Crippen LogP contribution in [0.15, 0.2) is 16.8 Å². The highest BCUT2D eigenvalue weighted by molar-refractivity contribution is 5.77. The molecule has 1 aliphatic heterocycles. The van der Waals surface area contributed by atoms with Gasteiger partial charge in [0.15, 0.2) is 5.82 Å². The average molecular weight is 357 g/mol. The molecule has 1 unspecified atom stereocenters. The first-order chi connectivity index (χ1) is 12.5. The quantitative estimate of drug-likeness (QED) is 0.790. The summed E-state index contributed by atoms with van der Waals surface area (Å²) in [6, 6.07) is 1.91. The molecule has 7 heteroatoms. The maximum atomic E-state index is 12.8. The molecule has 0 aromatic carbocycles. The molecule has 2 aromatic heterocycles. The van der Waals surface area contributed by atoms with Gasteiger partial charge in [-0.2, -0.15) is 0 Å². The molecular formula is C19H27N5O2. The van der Waals surface area contributed by atoms with E-state index in [1.807, 2.05) is 38.9 Å². The second-order valence-corrected chi connectivity index (χ2v) is 7.19. The fourth-order valence-corrected chi connectivity index (χ4v) is 3.55. The Morgan fingerprint density at radius 3 is 2.88 bits per heavy atom. The van der Waals surface area contributed by atoms with Crippen LogP contribution in [-0.2, 0) is 17.8 Å². The van der Waals surface area contributed by atoms with Crippen molar-refractivity contribution in [2.45, 2.75) is 52.1 Å². The lowest BCUT2D eigenvalue weighted by molar-refractivity contribution is -0.132. The molecule has 140 valence electrons. The zero-order valence-electron chi connectivity index (χ0n) is 16.0. The monoisotopic (exact) mass is 357 g/mol. The van der Waals surface area contributed by atoms with Crippen molar-refractivity contribution in [3.05, 3.63) is 40.8 Å². The van der Waals surface area contributed by atoms with Gasteiger partial charge in [-0.05, 0) is 53.3 Å². The molecule has 1 amide bonds. The zero-order valence-corrected chi connectivity index (χ0v) is 16.0. The van der Waals surface area contributed by atoms with Crippen molar-refractivity contribution in [1.82, 2.24) is 24.9 Å². The van der Waals surface area contributed by atoms with Crippen LogP contribution >= 0.6 is 0 Å². The Morgan fingerprint density at radius 1 is 1.38 bits per heavy atom. The van der Waals surface area contributed by atoms with E-state index in [0.717, 1.165) is 54.5 Å². The number of carbonyl (C=O) groups is 1. The lowest BCUT2D eigenvalue weighted by Gasteiger charge is -2.24. The number of rotatable bonds is 6. The number of nitrogens with zero attached hydrogens (tertiary/aromatic N) is 5. The van der Waals surface area contributed by atoms with Gasteiger partial charge in [-0.1, -0.05) is 5.16 Å². The minimum absolute atomic E-state index is 0.0192. The Hall–Kier alpha value is -2.28. The van der Waals surface area contributed by atoms with Crippen molar-refractivity contribution < 1.29 is 9.32 Å². The summed E-state index contributed by atoms with van der Waals surface area (Å²) < 4.78 is 5.19. The molecule has 1 saturated heterocycles. The molecule has 26 heavy (non-hydrogen) atoms. The molecule has 1 fully saturated rings. The molecule has 0 spiro atoms. The van der Waals surface area contributed by atoms with Crippen LogP contribution < -0.4 is 0 Å². The van der Waals surface area contributed by atoms with Crippen molar-refractivity contribution in [2.24, 2.45) is 0 Å². The maximum absolute atomic E-state index is 12.8. The van der Waals surface area contributed by atoms with E-state index in [0.29, 0.717) is 12.8 Å². The number of aryl methyl sites for hydroxylation is 2. The third-order valence-electron chi connectivity index (χ3n) is 4.85. The number of hydrogen-bond acceptors (Lipinski definition) is 6.